The van der Waals surface area contributed by atoms with Crippen molar-refractivity contribution in [2.24, 2.45) is 0 Å². The van der Waals surface area contributed by atoms with Crippen molar-refractivity contribution < 1.29 is 11.0 Å². The van der Waals surface area contributed by atoms with Gasteiger partial charge in [0, 0.05) is 17.1 Å². The molecule has 41 heavy (non-hydrogen) atoms. The second-order valence-electron chi connectivity index (χ2n) is 9.56. The van der Waals surface area contributed by atoms with E-state index in [1.54, 1.807) is 60.7 Å². The molecule has 0 fully saturated rings. The Morgan fingerprint density at radius 3 is 1.51 bits per heavy atom. The number of hydrogen-bond acceptors (Lipinski definition) is 1. The van der Waals surface area contributed by atoms with Crippen molar-refractivity contribution in [2.75, 3.05) is 4.90 Å². The van der Waals surface area contributed by atoms with Crippen molar-refractivity contribution in [3.05, 3.63) is 176 Å². The highest BCUT2D eigenvalue weighted by Crippen LogP contribution is 2.40. The largest absolute Gasteiger partial charge is 0.311 e. The summed E-state index contributed by atoms with van der Waals surface area (Å²) in [5.41, 5.74) is 2.96. The van der Waals surface area contributed by atoms with E-state index in [0.717, 1.165) is 21.9 Å². The molecule has 0 saturated carbocycles. The van der Waals surface area contributed by atoms with Crippen LogP contribution in [0.3, 0.4) is 0 Å². The molecule has 0 unspecified atom stereocenters. The summed E-state index contributed by atoms with van der Waals surface area (Å²) in [7, 11) is 0. The van der Waals surface area contributed by atoms with E-state index in [1.165, 1.54) is 4.90 Å². The number of rotatable bonds is 6. The van der Waals surface area contributed by atoms with E-state index >= 15 is 0 Å². The van der Waals surface area contributed by atoms with Gasteiger partial charge in [-0.05, 0) is 80.5 Å². The monoisotopic (exact) mass is 531 g/mol. The first-order valence-electron chi connectivity index (χ1n) is 17.4. The number of anilines is 3. The highest BCUT2D eigenvalue weighted by atomic mass is 15.1. The predicted molar refractivity (Wildman–Crippen MR) is 175 cm³/mol. The van der Waals surface area contributed by atoms with Gasteiger partial charge in [-0.2, -0.15) is 0 Å². The maximum atomic E-state index is 9.37. The summed E-state index contributed by atoms with van der Waals surface area (Å²) in [5.74, 6) is 0. The lowest BCUT2D eigenvalue weighted by atomic mass is 9.90. The molecule has 1 nitrogen and oxygen atoms in total. The molecule has 7 aromatic carbocycles. The highest BCUT2D eigenvalue weighted by molar-refractivity contribution is 6.04. The molecular formula is C40H29N. The molecule has 0 aliphatic rings. The Kier molecular flexibility index (Phi) is 4.65. The first-order chi connectivity index (χ1) is 23.7. The number of hydrogen-bond donors (Lipinski definition) is 0. The Hall–Kier alpha value is -5.40. The number of benzene rings is 7. The van der Waals surface area contributed by atoms with E-state index in [-0.39, 0.29) is 70.8 Å². The van der Waals surface area contributed by atoms with Crippen molar-refractivity contribution in [1.29, 1.82) is 0 Å². The summed E-state index contributed by atoms with van der Waals surface area (Å²) in [6.07, 6.45) is 0. The summed E-state index contributed by atoms with van der Waals surface area (Å²) in [6.45, 7) is 0. The normalized spacial score (nSPS) is 13.7. The quantitative estimate of drug-likeness (QED) is 0.206. The molecule has 1 heteroatoms. The SMILES string of the molecule is [2H]c1c([2H])c(N(c2ccccc2)c2c([2H])c([2H])c(-c3ccc4ccccc4c3-c3ccccc3)c([2H])c2[2H])c([2H])c([2H])c1-c1ccccc1. The molecule has 0 amide bonds. The lowest BCUT2D eigenvalue weighted by molar-refractivity contribution is 1.28. The molecule has 7 aromatic rings. The summed E-state index contributed by atoms with van der Waals surface area (Å²) in [4.78, 5) is 1.32. The van der Waals surface area contributed by atoms with Crippen LogP contribution in [0.1, 0.15) is 11.0 Å². The molecule has 0 aliphatic carbocycles. The minimum atomic E-state index is -0.379. The summed E-state index contributed by atoms with van der Waals surface area (Å²) < 4.78 is 73.6. The Labute approximate surface area is 252 Å². The van der Waals surface area contributed by atoms with Gasteiger partial charge in [0.2, 0.25) is 0 Å². The van der Waals surface area contributed by atoms with Crippen LogP contribution in [0.15, 0.2) is 176 Å². The van der Waals surface area contributed by atoms with Gasteiger partial charge in [0.25, 0.3) is 0 Å². The minimum Gasteiger partial charge on any atom is -0.311 e. The Bertz CT molecular complexity index is 2300. The summed E-state index contributed by atoms with van der Waals surface area (Å²) in [5, 5.41) is 1.87. The van der Waals surface area contributed by atoms with Crippen LogP contribution in [0.2, 0.25) is 0 Å². The van der Waals surface area contributed by atoms with Gasteiger partial charge in [-0.15, -0.1) is 0 Å². The van der Waals surface area contributed by atoms with E-state index in [0.29, 0.717) is 16.8 Å². The number of para-hydroxylation sites is 1. The van der Waals surface area contributed by atoms with Crippen LogP contribution in [0.4, 0.5) is 17.1 Å². The van der Waals surface area contributed by atoms with E-state index in [1.807, 2.05) is 66.7 Å². The Morgan fingerprint density at radius 2 is 0.878 bits per heavy atom. The van der Waals surface area contributed by atoms with Crippen LogP contribution in [0.25, 0.3) is 44.2 Å². The van der Waals surface area contributed by atoms with Gasteiger partial charge in [-0.3, -0.25) is 0 Å². The van der Waals surface area contributed by atoms with Gasteiger partial charge in [0.15, 0.2) is 0 Å². The fraction of sp³-hybridized carbons (Fsp3) is 0. The molecule has 0 N–H and O–H groups in total. The van der Waals surface area contributed by atoms with Crippen LogP contribution >= 0.6 is 0 Å². The van der Waals surface area contributed by atoms with Gasteiger partial charge in [0.05, 0.1) is 11.0 Å². The van der Waals surface area contributed by atoms with Gasteiger partial charge in [0.1, 0.15) is 0 Å². The molecule has 0 aromatic heterocycles. The molecule has 194 valence electrons. The number of fused-ring (bicyclic) bond motifs is 1. The van der Waals surface area contributed by atoms with Gasteiger partial charge >= 0.3 is 0 Å². The minimum absolute atomic E-state index is 0.121. The van der Waals surface area contributed by atoms with Crippen LogP contribution in [-0.2, 0) is 0 Å². The zero-order valence-electron chi connectivity index (χ0n) is 30.1. The second kappa shape index (κ2) is 11.0. The van der Waals surface area contributed by atoms with E-state index < -0.39 is 0 Å². The van der Waals surface area contributed by atoms with Crippen molar-refractivity contribution in [3.63, 3.8) is 0 Å². The standard InChI is InChI=1S/C40H29N/c1-4-12-30(13-5-1)31-20-25-36(26-21-31)41(35-17-8-3-9-18-35)37-27-22-33(23-28-37)39-29-24-32-14-10-11-19-38(32)40(39)34-15-6-2-7-16-34/h1-29H/i20D,21D,22D,23D,25D,26D,27D,28D. The first-order valence-corrected chi connectivity index (χ1v) is 13.4. The van der Waals surface area contributed by atoms with E-state index in [2.05, 4.69) is 0 Å². The van der Waals surface area contributed by atoms with Gasteiger partial charge < -0.3 is 4.90 Å². The van der Waals surface area contributed by atoms with Crippen LogP contribution in [-0.4, -0.2) is 0 Å². The highest BCUT2D eigenvalue weighted by Gasteiger charge is 2.15. The zero-order chi connectivity index (χ0) is 34.4. The van der Waals surface area contributed by atoms with Crippen molar-refractivity contribution in [3.8, 4) is 33.4 Å². The molecule has 0 heterocycles. The average Bonchev–Trinajstić information content (AvgIpc) is 3.14. The smallest absolute Gasteiger partial charge is 0.0645 e. The Morgan fingerprint density at radius 1 is 0.366 bits per heavy atom. The van der Waals surface area contributed by atoms with Gasteiger partial charge in [-0.1, -0.05) is 139 Å². The molecular weight excluding hydrogens is 494 g/mol. The van der Waals surface area contributed by atoms with Crippen LogP contribution < -0.4 is 4.90 Å². The molecule has 0 radical (unpaired) electrons. The molecule has 0 bridgehead atoms. The average molecular weight is 532 g/mol. The maximum absolute atomic E-state index is 9.37. The molecule has 0 aliphatic heterocycles. The van der Waals surface area contributed by atoms with Crippen LogP contribution in [0.5, 0.6) is 0 Å². The topological polar surface area (TPSA) is 3.24 Å². The lowest BCUT2D eigenvalue weighted by Gasteiger charge is -2.26. The molecule has 0 spiro atoms. The molecule has 0 atom stereocenters. The molecule has 0 saturated heterocycles. The van der Waals surface area contributed by atoms with Crippen molar-refractivity contribution in [1.82, 2.24) is 0 Å². The lowest BCUT2D eigenvalue weighted by Crippen LogP contribution is -2.09. The summed E-state index contributed by atoms with van der Waals surface area (Å²) in [6, 6.07) is 35.9. The van der Waals surface area contributed by atoms with E-state index in [9.17, 15) is 5.48 Å². The third-order valence-electron chi connectivity index (χ3n) is 7.01. The van der Waals surface area contributed by atoms with Crippen molar-refractivity contribution in [2.45, 2.75) is 0 Å². The van der Waals surface area contributed by atoms with Crippen molar-refractivity contribution >= 4 is 27.8 Å². The third kappa shape index (κ3) is 4.90. The maximum Gasteiger partial charge on any atom is 0.0645 e. The zero-order valence-corrected chi connectivity index (χ0v) is 22.1. The van der Waals surface area contributed by atoms with E-state index in [4.69, 9.17) is 5.48 Å². The predicted octanol–water partition coefficient (Wildman–Crippen LogP) is 11.3. The second-order valence-corrected chi connectivity index (χ2v) is 9.56. The molecule has 7 rings (SSSR count). The third-order valence-corrected chi connectivity index (χ3v) is 7.01. The van der Waals surface area contributed by atoms with Crippen LogP contribution in [0, 0.1) is 0 Å². The fourth-order valence-corrected chi connectivity index (χ4v) is 5.06. The fourth-order valence-electron chi connectivity index (χ4n) is 5.06. The Balaban J connectivity index is 1.52. The number of nitrogens with zero attached hydrogens (tertiary/aromatic N) is 1. The summed E-state index contributed by atoms with van der Waals surface area (Å²) >= 11 is 0. The van der Waals surface area contributed by atoms with Gasteiger partial charge in [-0.25, -0.2) is 0 Å². The first kappa shape index (κ1) is 17.3.